The molecule has 4 rings (SSSR count). The van der Waals surface area contributed by atoms with Crippen LogP contribution in [0.5, 0.6) is 5.88 Å². The molecule has 138 valence electrons. The lowest BCUT2D eigenvalue weighted by Gasteiger charge is -2.39. The molecule has 6 heteroatoms. The molecule has 1 saturated heterocycles. The summed E-state index contributed by atoms with van der Waals surface area (Å²) in [4.78, 5) is 22.8. The molecule has 2 aromatic carbocycles. The van der Waals surface area contributed by atoms with Crippen LogP contribution in [0.15, 0.2) is 71.5 Å². The van der Waals surface area contributed by atoms with Crippen molar-refractivity contribution in [3.8, 4) is 5.88 Å². The Morgan fingerprint density at radius 3 is 1.96 bits per heavy atom. The van der Waals surface area contributed by atoms with Crippen LogP contribution in [0.4, 0.5) is 5.95 Å². The number of benzene rings is 2. The van der Waals surface area contributed by atoms with Crippen molar-refractivity contribution >= 4 is 5.95 Å². The van der Waals surface area contributed by atoms with Crippen molar-refractivity contribution in [1.82, 2.24) is 14.9 Å². The predicted octanol–water partition coefficient (Wildman–Crippen LogP) is 2.39. The van der Waals surface area contributed by atoms with Crippen molar-refractivity contribution in [2.24, 2.45) is 0 Å². The Labute approximate surface area is 157 Å². The number of piperazine rings is 1. The van der Waals surface area contributed by atoms with E-state index in [0.717, 1.165) is 32.2 Å². The molecule has 0 saturated carbocycles. The number of nitrogens with zero attached hydrogens (tertiary/aromatic N) is 3. The van der Waals surface area contributed by atoms with Crippen molar-refractivity contribution in [1.29, 1.82) is 0 Å². The topological polar surface area (TPSA) is 72.5 Å². The van der Waals surface area contributed by atoms with E-state index in [1.54, 1.807) is 0 Å². The van der Waals surface area contributed by atoms with Gasteiger partial charge in [0.25, 0.3) is 5.56 Å². The number of aromatic hydroxyl groups is 1. The summed E-state index contributed by atoms with van der Waals surface area (Å²) >= 11 is 0. The van der Waals surface area contributed by atoms with Crippen LogP contribution < -0.4 is 10.5 Å². The van der Waals surface area contributed by atoms with Crippen LogP contribution in [0.2, 0.25) is 0 Å². The maximum atomic E-state index is 11.6. The van der Waals surface area contributed by atoms with E-state index in [2.05, 4.69) is 63.4 Å². The summed E-state index contributed by atoms with van der Waals surface area (Å²) in [6.45, 7) is 3.10. The Bertz CT molecular complexity index is 896. The van der Waals surface area contributed by atoms with Gasteiger partial charge in [0.1, 0.15) is 0 Å². The first-order valence-electron chi connectivity index (χ1n) is 9.10. The third kappa shape index (κ3) is 3.85. The first kappa shape index (κ1) is 17.3. The third-order valence-corrected chi connectivity index (χ3v) is 4.93. The van der Waals surface area contributed by atoms with E-state index in [1.807, 2.05) is 17.0 Å². The summed E-state index contributed by atoms with van der Waals surface area (Å²) in [6, 6.07) is 22.3. The van der Waals surface area contributed by atoms with Gasteiger partial charge in [-0.1, -0.05) is 60.7 Å². The van der Waals surface area contributed by atoms with Crippen molar-refractivity contribution in [2.45, 2.75) is 6.04 Å². The van der Waals surface area contributed by atoms with E-state index in [1.165, 1.54) is 11.1 Å². The normalized spacial score (nSPS) is 15.2. The van der Waals surface area contributed by atoms with Gasteiger partial charge >= 0.3 is 0 Å². The molecule has 1 aliphatic heterocycles. The van der Waals surface area contributed by atoms with Crippen molar-refractivity contribution < 1.29 is 5.11 Å². The molecule has 27 heavy (non-hydrogen) atoms. The van der Waals surface area contributed by atoms with Gasteiger partial charge in [0, 0.05) is 26.2 Å². The molecule has 0 atom stereocenters. The van der Waals surface area contributed by atoms with Crippen LogP contribution in [0, 0.1) is 0 Å². The number of rotatable bonds is 4. The molecule has 0 spiro atoms. The summed E-state index contributed by atoms with van der Waals surface area (Å²) in [6.07, 6.45) is 0. The average molecular weight is 362 g/mol. The first-order chi connectivity index (χ1) is 13.2. The van der Waals surface area contributed by atoms with Crippen LogP contribution in [0.1, 0.15) is 17.2 Å². The quantitative estimate of drug-likeness (QED) is 0.746. The lowest BCUT2D eigenvalue weighted by molar-refractivity contribution is 0.211. The number of aromatic amines is 1. The van der Waals surface area contributed by atoms with Crippen molar-refractivity contribution in [2.75, 3.05) is 31.1 Å². The Balaban J connectivity index is 1.56. The fraction of sp³-hybridized carbons (Fsp3) is 0.238. The molecule has 0 aliphatic carbocycles. The smallest absolute Gasteiger partial charge is 0.256 e. The predicted molar refractivity (Wildman–Crippen MR) is 105 cm³/mol. The molecule has 0 bridgehead atoms. The van der Waals surface area contributed by atoms with Crippen LogP contribution in [-0.2, 0) is 0 Å². The summed E-state index contributed by atoms with van der Waals surface area (Å²) in [5.74, 6) is 0.179. The van der Waals surface area contributed by atoms with E-state index in [-0.39, 0.29) is 17.5 Å². The van der Waals surface area contributed by atoms with Gasteiger partial charge in [0.05, 0.1) is 12.1 Å². The van der Waals surface area contributed by atoms with Crippen LogP contribution in [0.25, 0.3) is 0 Å². The van der Waals surface area contributed by atoms with Crippen LogP contribution >= 0.6 is 0 Å². The highest BCUT2D eigenvalue weighted by Gasteiger charge is 2.27. The maximum absolute atomic E-state index is 11.6. The second-order valence-electron chi connectivity index (χ2n) is 6.67. The number of anilines is 1. The molecule has 0 unspecified atom stereocenters. The molecule has 1 aliphatic rings. The fourth-order valence-electron chi connectivity index (χ4n) is 3.66. The molecule has 2 N–H and O–H groups in total. The Morgan fingerprint density at radius 1 is 0.889 bits per heavy atom. The zero-order valence-electron chi connectivity index (χ0n) is 15.0. The van der Waals surface area contributed by atoms with Gasteiger partial charge < -0.3 is 10.0 Å². The molecule has 1 aromatic heterocycles. The van der Waals surface area contributed by atoms with Gasteiger partial charge in [0.2, 0.25) is 11.8 Å². The first-order valence-corrected chi connectivity index (χ1v) is 9.10. The molecular formula is C21H22N4O2. The molecule has 0 radical (unpaired) electrons. The minimum Gasteiger partial charge on any atom is -0.493 e. The Morgan fingerprint density at radius 2 is 1.44 bits per heavy atom. The molecule has 6 nitrogen and oxygen atoms in total. The van der Waals surface area contributed by atoms with E-state index in [9.17, 15) is 9.90 Å². The van der Waals surface area contributed by atoms with E-state index in [0.29, 0.717) is 5.95 Å². The summed E-state index contributed by atoms with van der Waals surface area (Å²) < 4.78 is 0. The zero-order chi connectivity index (χ0) is 18.6. The number of hydrogen-bond acceptors (Lipinski definition) is 5. The minimum atomic E-state index is -0.341. The van der Waals surface area contributed by atoms with Crippen LogP contribution in [-0.4, -0.2) is 46.2 Å². The third-order valence-electron chi connectivity index (χ3n) is 4.93. The molecule has 0 amide bonds. The monoisotopic (exact) mass is 362 g/mol. The minimum absolute atomic E-state index is 0.186. The molecule has 1 fully saturated rings. The Hall–Kier alpha value is -3.12. The van der Waals surface area contributed by atoms with E-state index < -0.39 is 0 Å². The lowest BCUT2D eigenvalue weighted by atomic mass is 9.96. The molecule has 3 aromatic rings. The Kier molecular flexibility index (Phi) is 4.89. The second kappa shape index (κ2) is 7.63. The largest absolute Gasteiger partial charge is 0.493 e. The van der Waals surface area contributed by atoms with E-state index >= 15 is 0 Å². The summed E-state index contributed by atoms with van der Waals surface area (Å²) in [5.41, 5.74) is 2.19. The highest BCUT2D eigenvalue weighted by Crippen LogP contribution is 2.29. The second-order valence-corrected chi connectivity index (χ2v) is 6.67. The van der Waals surface area contributed by atoms with Gasteiger partial charge in [-0.3, -0.25) is 14.7 Å². The average Bonchev–Trinajstić information content (AvgIpc) is 2.70. The number of H-pyrrole nitrogens is 1. The summed E-state index contributed by atoms with van der Waals surface area (Å²) in [5, 5.41) is 9.59. The molecular weight excluding hydrogens is 340 g/mol. The number of aromatic nitrogens is 2. The SMILES string of the molecule is O=c1cc(O)nc(N2CCN(C(c3ccccc3)c3ccccc3)CC2)[nH]1. The highest BCUT2D eigenvalue weighted by molar-refractivity contribution is 5.35. The van der Waals surface area contributed by atoms with E-state index in [4.69, 9.17) is 0 Å². The lowest BCUT2D eigenvalue weighted by Crippen LogP contribution is -2.48. The van der Waals surface area contributed by atoms with Crippen LogP contribution in [0.3, 0.4) is 0 Å². The van der Waals surface area contributed by atoms with Gasteiger partial charge in [-0.2, -0.15) is 4.98 Å². The number of hydrogen-bond donors (Lipinski definition) is 2. The van der Waals surface area contributed by atoms with Crippen molar-refractivity contribution in [3.63, 3.8) is 0 Å². The van der Waals surface area contributed by atoms with Gasteiger partial charge in [0.15, 0.2) is 0 Å². The standard InChI is InChI=1S/C21H22N4O2/c26-18-15-19(27)23-21(22-18)25-13-11-24(12-14-25)20(16-7-3-1-4-8-16)17-9-5-2-6-10-17/h1-10,15,20H,11-14H2,(H2,22,23,26,27). The van der Waals surface area contributed by atoms with Crippen molar-refractivity contribution in [3.05, 3.63) is 88.2 Å². The number of nitrogens with one attached hydrogen (secondary N) is 1. The summed E-state index contributed by atoms with van der Waals surface area (Å²) in [7, 11) is 0. The molecule has 2 heterocycles. The van der Waals surface area contributed by atoms with Gasteiger partial charge in [-0.15, -0.1) is 0 Å². The zero-order valence-corrected chi connectivity index (χ0v) is 15.0. The maximum Gasteiger partial charge on any atom is 0.256 e. The fourth-order valence-corrected chi connectivity index (χ4v) is 3.66. The van der Waals surface area contributed by atoms with Gasteiger partial charge in [-0.25, -0.2) is 0 Å². The highest BCUT2D eigenvalue weighted by atomic mass is 16.3. The van der Waals surface area contributed by atoms with Gasteiger partial charge in [-0.05, 0) is 11.1 Å².